The third-order valence-electron chi connectivity index (χ3n) is 2.81. The molecule has 0 amide bonds. The smallest absolute Gasteiger partial charge is 0.208 e. The zero-order chi connectivity index (χ0) is 12.5. The van der Waals surface area contributed by atoms with Gasteiger partial charge in [-0.1, -0.05) is 26.7 Å². The number of rotatable bonds is 9. The highest BCUT2D eigenvalue weighted by atomic mass is 16.5. The van der Waals surface area contributed by atoms with Crippen LogP contribution in [0.3, 0.4) is 0 Å². The van der Waals surface area contributed by atoms with Gasteiger partial charge in [-0.25, -0.2) is 4.98 Å². The first-order valence-electron chi connectivity index (χ1n) is 6.42. The van der Waals surface area contributed by atoms with Gasteiger partial charge >= 0.3 is 0 Å². The number of ether oxygens (including phenoxy) is 1. The lowest BCUT2D eigenvalue weighted by Gasteiger charge is -2.06. The summed E-state index contributed by atoms with van der Waals surface area (Å²) in [4.78, 5) is 4.27. The van der Waals surface area contributed by atoms with E-state index >= 15 is 0 Å². The summed E-state index contributed by atoms with van der Waals surface area (Å²) in [7, 11) is 1.69. The van der Waals surface area contributed by atoms with Crippen molar-refractivity contribution in [2.24, 2.45) is 0 Å². The first-order valence-corrected chi connectivity index (χ1v) is 6.42. The lowest BCUT2D eigenvalue weighted by atomic mass is 10.0. The summed E-state index contributed by atoms with van der Waals surface area (Å²) < 4.78 is 10.7. The molecule has 0 spiro atoms. The number of hydrogen-bond acceptors (Lipinski definition) is 4. The van der Waals surface area contributed by atoms with Crippen molar-refractivity contribution in [3.05, 3.63) is 17.8 Å². The van der Waals surface area contributed by atoms with Gasteiger partial charge in [0.05, 0.1) is 19.3 Å². The molecule has 98 valence electrons. The van der Waals surface area contributed by atoms with E-state index in [-0.39, 0.29) is 0 Å². The molecule has 4 heteroatoms. The van der Waals surface area contributed by atoms with Gasteiger partial charge in [0.1, 0.15) is 5.76 Å². The third kappa shape index (κ3) is 5.33. The largest absolute Gasteiger partial charge is 0.444 e. The highest BCUT2D eigenvalue weighted by Crippen LogP contribution is 2.21. The molecule has 0 radical (unpaired) electrons. The van der Waals surface area contributed by atoms with Gasteiger partial charge in [-0.3, -0.25) is 0 Å². The molecule has 1 rings (SSSR count). The standard InChI is InChI=1S/C13H24N2O2/c1-4-5-6-11(2)12-9-15-13(17-12)10-14-7-8-16-3/h9,11,14H,4-8,10H2,1-3H3. The maximum atomic E-state index is 5.71. The van der Waals surface area contributed by atoms with Gasteiger partial charge in [0, 0.05) is 19.6 Å². The predicted octanol–water partition coefficient (Wildman–Crippen LogP) is 2.70. The van der Waals surface area contributed by atoms with Crippen LogP contribution in [-0.4, -0.2) is 25.2 Å². The topological polar surface area (TPSA) is 47.3 Å². The van der Waals surface area contributed by atoms with Gasteiger partial charge < -0.3 is 14.5 Å². The number of hydrogen-bond donors (Lipinski definition) is 1. The molecule has 0 aliphatic heterocycles. The number of methoxy groups -OCH3 is 1. The van der Waals surface area contributed by atoms with Crippen LogP contribution in [0.4, 0.5) is 0 Å². The Hall–Kier alpha value is -0.870. The van der Waals surface area contributed by atoms with E-state index in [0.717, 1.165) is 18.2 Å². The summed E-state index contributed by atoms with van der Waals surface area (Å²) >= 11 is 0. The number of unbranched alkanes of at least 4 members (excludes halogenated alkanes) is 1. The normalized spacial score (nSPS) is 12.9. The van der Waals surface area contributed by atoms with E-state index in [4.69, 9.17) is 9.15 Å². The second-order valence-electron chi connectivity index (χ2n) is 4.37. The van der Waals surface area contributed by atoms with Crippen molar-refractivity contribution in [2.75, 3.05) is 20.3 Å². The molecule has 1 atom stereocenters. The van der Waals surface area contributed by atoms with Crippen molar-refractivity contribution >= 4 is 0 Å². The van der Waals surface area contributed by atoms with Crippen LogP contribution in [0.1, 0.15) is 50.7 Å². The van der Waals surface area contributed by atoms with Crippen LogP contribution in [0.5, 0.6) is 0 Å². The van der Waals surface area contributed by atoms with E-state index in [0.29, 0.717) is 19.1 Å². The number of nitrogens with one attached hydrogen (secondary N) is 1. The molecule has 1 aromatic rings. The number of nitrogens with zero attached hydrogens (tertiary/aromatic N) is 1. The predicted molar refractivity (Wildman–Crippen MR) is 68.0 cm³/mol. The summed E-state index contributed by atoms with van der Waals surface area (Å²) in [5.41, 5.74) is 0. The SMILES string of the molecule is CCCCC(C)c1cnc(CNCCOC)o1. The average molecular weight is 240 g/mol. The average Bonchev–Trinajstić information content (AvgIpc) is 2.80. The van der Waals surface area contributed by atoms with Crippen LogP contribution in [0.25, 0.3) is 0 Å². The maximum absolute atomic E-state index is 5.71. The van der Waals surface area contributed by atoms with Crippen LogP contribution in [0.2, 0.25) is 0 Å². The Morgan fingerprint density at radius 3 is 3.06 bits per heavy atom. The molecule has 1 N–H and O–H groups in total. The van der Waals surface area contributed by atoms with E-state index < -0.39 is 0 Å². The van der Waals surface area contributed by atoms with Gasteiger partial charge in [-0.15, -0.1) is 0 Å². The molecule has 0 aliphatic rings. The van der Waals surface area contributed by atoms with E-state index in [1.54, 1.807) is 7.11 Å². The Bertz CT molecular complexity index is 299. The molecule has 0 bridgehead atoms. The molecule has 1 unspecified atom stereocenters. The molecule has 0 aromatic carbocycles. The molecule has 1 aromatic heterocycles. The van der Waals surface area contributed by atoms with E-state index in [9.17, 15) is 0 Å². The minimum absolute atomic E-state index is 0.468. The zero-order valence-corrected chi connectivity index (χ0v) is 11.2. The summed E-state index contributed by atoms with van der Waals surface area (Å²) in [5.74, 6) is 2.23. The summed E-state index contributed by atoms with van der Waals surface area (Å²) in [6, 6.07) is 0. The summed E-state index contributed by atoms with van der Waals surface area (Å²) in [6.07, 6.45) is 5.49. The highest BCUT2D eigenvalue weighted by molar-refractivity contribution is 5.00. The Morgan fingerprint density at radius 2 is 2.35 bits per heavy atom. The molecular formula is C13H24N2O2. The van der Waals surface area contributed by atoms with Crippen LogP contribution < -0.4 is 5.32 Å². The Kier molecular flexibility index (Phi) is 6.89. The second kappa shape index (κ2) is 8.25. The summed E-state index contributed by atoms with van der Waals surface area (Å²) in [6.45, 7) is 6.60. The zero-order valence-electron chi connectivity index (χ0n) is 11.2. The van der Waals surface area contributed by atoms with Crippen molar-refractivity contribution in [3.63, 3.8) is 0 Å². The van der Waals surface area contributed by atoms with Crippen LogP contribution in [0.15, 0.2) is 10.6 Å². The van der Waals surface area contributed by atoms with Crippen molar-refractivity contribution < 1.29 is 9.15 Å². The highest BCUT2D eigenvalue weighted by Gasteiger charge is 2.10. The van der Waals surface area contributed by atoms with Crippen molar-refractivity contribution in [3.8, 4) is 0 Å². The fraction of sp³-hybridized carbons (Fsp3) is 0.769. The number of oxazole rings is 1. The fourth-order valence-corrected chi connectivity index (χ4v) is 1.66. The van der Waals surface area contributed by atoms with Gasteiger partial charge in [0.2, 0.25) is 5.89 Å². The minimum Gasteiger partial charge on any atom is -0.444 e. The molecule has 4 nitrogen and oxygen atoms in total. The minimum atomic E-state index is 0.468. The molecule has 0 saturated heterocycles. The molecule has 1 heterocycles. The number of aromatic nitrogens is 1. The molecule has 0 saturated carbocycles. The van der Waals surface area contributed by atoms with E-state index in [2.05, 4.69) is 24.1 Å². The first kappa shape index (κ1) is 14.2. The Labute approximate surface area is 104 Å². The third-order valence-corrected chi connectivity index (χ3v) is 2.81. The lowest BCUT2D eigenvalue weighted by molar-refractivity contribution is 0.198. The van der Waals surface area contributed by atoms with Crippen molar-refractivity contribution in [1.29, 1.82) is 0 Å². The van der Waals surface area contributed by atoms with Gasteiger partial charge in [0.15, 0.2) is 0 Å². The molecule has 0 aliphatic carbocycles. The Morgan fingerprint density at radius 1 is 1.53 bits per heavy atom. The first-order chi connectivity index (χ1) is 8.27. The van der Waals surface area contributed by atoms with E-state index in [1.807, 2.05) is 6.20 Å². The van der Waals surface area contributed by atoms with E-state index in [1.165, 1.54) is 19.3 Å². The second-order valence-corrected chi connectivity index (χ2v) is 4.37. The summed E-state index contributed by atoms with van der Waals surface area (Å²) in [5, 5.41) is 3.22. The van der Waals surface area contributed by atoms with Crippen LogP contribution in [0, 0.1) is 0 Å². The fourth-order valence-electron chi connectivity index (χ4n) is 1.66. The lowest BCUT2D eigenvalue weighted by Crippen LogP contribution is -2.18. The molecule has 0 fully saturated rings. The van der Waals surface area contributed by atoms with Crippen LogP contribution in [-0.2, 0) is 11.3 Å². The molecular weight excluding hydrogens is 216 g/mol. The van der Waals surface area contributed by atoms with Crippen LogP contribution >= 0.6 is 0 Å². The van der Waals surface area contributed by atoms with Gasteiger partial charge in [0.25, 0.3) is 0 Å². The van der Waals surface area contributed by atoms with Crippen molar-refractivity contribution in [1.82, 2.24) is 10.3 Å². The quantitative estimate of drug-likeness (QED) is 0.674. The van der Waals surface area contributed by atoms with Crippen molar-refractivity contribution in [2.45, 2.75) is 45.6 Å². The Balaban J connectivity index is 2.31. The molecule has 17 heavy (non-hydrogen) atoms. The monoisotopic (exact) mass is 240 g/mol. The van der Waals surface area contributed by atoms with Gasteiger partial charge in [-0.2, -0.15) is 0 Å². The van der Waals surface area contributed by atoms with Gasteiger partial charge in [-0.05, 0) is 6.42 Å². The maximum Gasteiger partial charge on any atom is 0.208 e.